The number of nitrogens with zero attached hydrogens (tertiary/aromatic N) is 1. The van der Waals surface area contributed by atoms with Crippen LogP contribution in [0.3, 0.4) is 0 Å². The molecular formula is C15H22IN3O2. The first-order chi connectivity index (χ1) is 9.74. The van der Waals surface area contributed by atoms with Gasteiger partial charge in [-0.15, -0.1) is 30.4 Å². The number of halogens is 1. The zero-order chi connectivity index (χ0) is 14.8. The number of hydrogen-bond acceptors (Lipinski definition) is 3. The molecule has 0 radical (unpaired) electrons. The molecule has 0 aliphatic rings. The third kappa shape index (κ3) is 6.58. The highest BCUT2D eigenvalue weighted by Gasteiger charge is 2.04. The molecule has 0 aromatic heterocycles. The average Bonchev–Trinajstić information content (AvgIpc) is 2.50. The summed E-state index contributed by atoms with van der Waals surface area (Å²) in [5, 5.41) is 6.19. The minimum absolute atomic E-state index is 0. The van der Waals surface area contributed by atoms with Crippen molar-refractivity contribution in [2.24, 2.45) is 4.99 Å². The Labute approximate surface area is 143 Å². The molecule has 0 aliphatic carbocycles. The van der Waals surface area contributed by atoms with Crippen molar-refractivity contribution in [1.82, 2.24) is 10.6 Å². The van der Waals surface area contributed by atoms with Gasteiger partial charge in [-0.2, -0.15) is 0 Å². The fourth-order valence-electron chi connectivity index (χ4n) is 1.72. The molecule has 1 rings (SSSR count). The van der Waals surface area contributed by atoms with Crippen molar-refractivity contribution < 1.29 is 9.47 Å². The molecule has 0 spiro atoms. The van der Waals surface area contributed by atoms with Crippen LogP contribution in [0.15, 0.2) is 23.2 Å². The van der Waals surface area contributed by atoms with Crippen molar-refractivity contribution in [2.75, 3.05) is 34.4 Å². The van der Waals surface area contributed by atoms with Gasteiger partial charge in [0.25, 0.3) is 0 Å². The van der Waals surface area contributed by atoms with E-state index in [4.69, 9.17) is 15.9 Å². The predicted octanol–water partition coefficient (Wildman–Crippen LogP) is 1.66. The van der Waals surface area contributed by atoms with Crippen LogP contribution < -0.4 is 20.1 Å². The Hall–Kier alpha value is -1.62. The van der Waals surface area contributed by atoms with Crippen LogP contribution in [0.25, 0.3) is 0 Å². The molecule has 0 heterocycles. The maximum Gasteiger partial charge on any atom is 0.191 e. The molecule has 1 aromatic rings. The highest BCUT2D eigenvalue weighted by Crippen LogP contribution is 2.27. The Morgan fingerprint density at radius 2 is 1.95 bits per heavy atom. The lowest BCUT2D eigenvalue weighted by Crippen LogP contribution is -2.38. The van der Waals surface area contributed by atoms with Gasteiger partial charge in [0.2, 0.25) is 0 Å². The van der Waals surface area contributed by atoms with E-state index in [2.05, 4.69) is 21.5 Å². The second-order valence-electron chi connectivity index (χ2n) is 4.00. The van der Waals surface area contributed by atoms with Crippen molar-refractivity contribution >= 4 is 29.9 Å². The molecule has 21 heavy (non-hydrogen) atoms. The summed E-state index contributed by atoms with van der Waals surface area (Å²) in [6, 6.07) is 5.89. The van der Waals surface area contributed by atoms with E-state index in [0.717, 1.165) is 30.0 Å². The summed E-state index contributed by atoms with van der Waals surface area (Å²) < 4.78 is 10.5. The van der Waals surface area contributed by atoms with Gasteiger partial charge in [0, 0.05) is 13.6 Å². The molecule has 6 heteroatoms. The number of nitrogens with one attached hydrogen (secondary N) is 2. The lowest BCUT2D eigenvalue weighted by atomic mass is 10.1. The molecule has 5 nitrogen and oxygen atoms in total. The van der Waals surface area contributed by atoms with Gasteiger partial charge in [-0.05, 0) is 24.1 Å². The topological polar surface area (TPSA) is 54.9 Å². The quantitative estimate of drug-likeness (QED) is 0.329. The normalized spacial score (nSPS) is 10.1. The summed E-state index contributed by atoms with van der Waals surface area (Å²) in [6.07, 6.45) is 6.03. The van der Waals surface area contributed by atoms with Crippen LogP contribution in [0.5, 0.6) is 11.5 Å². The summed E-state index contributed by atoms with van der Waals surface area (Å²) in [5.41, 5.74) is 1.16. The number of aliphatic imine (C=N–C) groups is 1. The van der Waals surface area contributed by atoms with E-state index in [1.807, 2.05) is 18.2 Å². The minimum Gasteiger partial charge on any atom is -0.493 e. The molecule has 0 fully saturated rings. The molecule has 1 aromatic carbocycles. The molecule has 0 amide bonds. The highest BCUT2D eigenvalue weighted by atomic mass is 127. The van der Waals surface area contributed by atoms with Crippen molar-refractivity contribution in [3.8, 4) is 23.8 Å². The third-order valence-corrected chi connectivity index (χ3v) is 2.74. The summed E-state index contributed by atoms with van der Waals surface area (Å²) in [4.78, 5) is 4.07. The summed E-state index contributed by atoms with van der Waals surface area (Å²) in [5.74, 6) is 4.67. The van der Waals surface area contributed by atoms with Crippen LogP contribution in [-0.2, 0) is 6.42 Å². The fourth-order valence-corrected chi connectivity index (χ4v) is 1.72. The molecule has 0 saturated heterocycles. The molecule has 0 bridgehead atoms. The Kier molecular flexibility index (Phi) is 10.2. The van der Waals surface area contributed by atoms with Gasteiger partial charge in [-0.25, -0.2) is 0 Å². The monoisotopic (exact) mass is 403 g/mol. The Morgan fingerprint density at radius 1 is 1.24 bits per heavy atom. The number of guanidine groups is 1. The first kappa shape index (κ1) is 19.4. The van der Waals surface area contributed by atoms with Crippen molar-refractivity contribution in [2.45, 2.75) is 6.42 Å². The van der Waals surface area contributed by atoms with Gasteiger partial charge in [0.05, 0.1) is 20.8 Å². The van der Waals surface area contributed by atoms with E-state index in [1.54, 1.807) is 21.3 Å². The SMILES string of the molecule is C#CCNC(=NC)NCCc1ccc(OC)c(OC)c1.I. The molecule has 0 unspecified atom stereocenters. The molecule has 116 valence electrons. The van der Waals surface area contributed by atoms with E-state index >= 15 is 0 Å². The second-order valence-corrected chi connectivity index (χ2v) is 4.00. The van der Waals surface area contributed by atoms with Crippen molar-refractivity contribution in [3.05, 3.63) is 23.8 Å². The molecule has 0 saturated carbocycles. The average molecular weight is 403 g/mol. The first-order valence-corrected chi connectivity index (χ1v) is 6.34. The van der Waals surface area contributed by atoms with Gasteiger partial charge < -0.3 is 20.1 Å². The lowest BCUT2D eigenvalue weighted by molar-refractivity contribution is 0.354. The Morgan fingerprint density at radius 3 is 2.52 bits per heavy atom. The molecular weight excluding hydrogens is 381 g/mol. The van der Waals surface area contributed by atoms with Crippen LogP contribution >= 0.6 is 24.0 Å². The van der Waals surface area contributed by atoms with Crippen molar-refractivity contribution in [3.63, 3.8) is 0 Å². The molecule has 2 N–H and O–H groups in total. The minimum atomic E-state index is 0. The van der Waals surface area contributed by atoms with Gasteiger partial charge in [-0.1, -0.05) is 12.0 Å². The molecule has 0 atom stereocenters. The van der Waals surface area contributed by atoms with E-state index in [9.17, 15) is 0 Å². The van der Waals surface area contributed by atoms with Crippen molar-refractivity contribution in [1.29, 1.82) is 0 Å². The van der Waals surface area contributed by atoms with E-state index in [0.29, 0.717) is 12.5 Å². The maximum absolute atomic E-state index is 5.27. The highest BCUT2D eigenvalue weighted by molar-refractivity contribution is 14.0. The van der Waals surface area contributed by atoms with Crippen LogP contribution in [0.2, 0.25) is 0 Å². The zero-order valence-corrected chi connectivity index (χ0v) is 14.9. The number of rotatable bonds is 6. The third-order valence-electron chi connectivity index (χ3n) is 2.74. The second kappa shape index (κ2) is 11.1. The smallest absolute Gasteiger partial charge is 0.191 e. The van der Waals surface area contributed by atoms with Crippen LogP contribution in [0.1, 0.15) is 5.56 Å². The summed E-state index contributed by atoms with van der Waals surface area (Å²) in [6.45, 7) is 1.20. The summed E-state index contributed by atoms with van der Waals surface area (Å²) >= 11 is 0. The fraction of sp³-hybridized carbons (Fsp3) is 0.400. The Balaban J connectivity index is 0.00000400. The Bertz CT molecular complexity index is 498. The first-order valence-electron chi connectivity index (χ1n) is 6.34. The number of ether oxygens (including phenoxy) is 2. The summed E-state index contributed by atoms with van der Waals surface area (Å²) in [7, 11) is 4.97. The van der Waals surface area contributed by atoms with Crippen LogP contribution in [0.4, 0.5) is 0 Å². The molecule has 0 aliphatic heterocycles. The predicted molar refractivity (Wildman–Crippen MR) is 96.9 cm³/mol. The number of methoxy groups -OCH3 is 2. The largest absolute Gasteiger partial charge is 0.493 e. The van der Waals surface area contributed by atoms with E-state index < -0.39 is 0 Å². The van der Waals surface area contributed by atoms with Gasteiger partial charge >= 0.3 is 0 Å². The standard InChI is InChI=1S/C15H21N3O2.HI/c1-5-9-17-15(16-2)18-10-8-12-6-7-13(19-3)14(11-12)20-4;/h1,6-7,11H,8-10H2,2-4H3,(H2,16,17,18);1H. The van der Waals surface area contributed by atoms with E-state index in [1.165, 1.54) is 0 Å². The lowest BCUT2D eigenvalue weighted by Gasteiger charge is -2.11. The maximum atomic E-state index is 5.27. The van der Waals surface area contributed by atoms with E-state index in [-0.39, 0.29) is 24.0 Å². The number of benzene rings is 1. The van der Waals surface area contributed by atoms with Gasteiger partial charge in [0.1, 0.15) is 0 Å². The van der Waals surface area contributed by atoms with Crippen LogP contribution in [0, 0.1) is 12.3 Å². The number of terminal acetylenes is 1. The number of hydrogen-bond donors (Lipinski definition) is 2. The van der Waals surface area contributed by atoms with Crippen LogP contribution in [-0.4, -0.2) is 40.3 Å². The zero-order valence-electron chi connectivity index (χ0n) is 12.6. The van der Waals surface area contributed by atoms with Gasteiger partial charge in [-0.3, -0.25) is 4.99 Å². The van der Waals surface area contributed by atoms with Gasteiger partial charge in [0.15, 0.2) is 17.5 Å².